The molecule has 7 heteroatoms. The highest BCUT2D eigenvalue weighted by Crippen LogP contribution is 2.30. The van der Waals surface area contributed by atoms with E-state index in [1.54, 1.807) is 0 Å². The van der Waals surface area contributed by atoms with Crippen LogP contribution in [0.2, 0.25) is 0 Å². The van der Waals surface area contributed by atoms with Crippen molar-refractivity contribution in [2.45, 2.75) is 6.18 Å². The normalized spacial score (nSPS) is 11.2. The summed E-state index contributed by atoms with van der Waals surface area (Å²) in [5, 5.41) is 2.41. The predicted molar refractivity (Wildman–Crippen MR) is 86.9 cm³/mol. The third-order valence-corrected chi connectivity index (χ3v) is 3.39. The molecule has 0 spiro atoms. The zero-order chi connectivity index (χ0) is 17.9. The Hall–Kier alpha value is -3.22. The van der Waals surface area contributed by atoms with E-state index in [9.17, 15) is 18.0 Å². The molecule has 0 unspecified atom stereocenters. The molecule has 3 aromatic rings. The summed E-state index contributed by atoms with van der Waals surface area (Å²) in [4.78, 5) is 20.4. The van der Waals surface area contributed by atoms with Gasteiger partial charge in [0.15, 0.2) is 5.82 Å². The monoisotopic (exact) mass is 343 g/mol. The van der Waals surface area contributed by atoms with Gasteiger partial charge in [-0.1, -0.05) is 36.4 Å². The summed E-state index contributed by atoms with van der Waals surface area (Å²) in [6.45, 7) is 0. The first-order valence-corrected chi connectivity index (χ1v) is 7.29. The zero-order valence-electron chi connectivity index (χ0n) is 12.8. The van der Waals surface area contributed by atoms with E-state index in [2.05, 4.69) is 15.3 Å². The van der Waals surface area contributed by atoms with Crippen molar-refractivity contribution in [1.29, 1.82) is 0 Å². The number of carbonyl (C=O) groups is 1. The van der Waals surface area contributed by atoms with Gasteiger partial charge in [-0.3, -0.25) is 4.79 Å². The van der Waals surface area contributed by atoms with Gasteiger partial charge in [-0.2, -0.15) is 13.2 Å². The first-order chi connectivity index (χ1) is 11.9. The highest BCUT2D eigenvalue weighted by atomic mass is 19.4. The number of halogens is 3. The zero-order valence-corrected chi connectivity index (χ0v) is 12.8. The second-order valence-electron chi connectivity index (χ2n) is 5.19. The van der Waals surface area contributed by atoms with Gasteiger partial charge in [0.2, 0.25) is 0 Å². The van der Waals surface area contributed by atoms with Crippen LogP contribution in [0.15, 0.2) is 67.0 Å². The third-order valence-electron chi connectivity index (χ3n) is 3.39. The molecule has 2 aromatic carbocycles. The fraction of sp³-hybridized carbons (Fsp3) is 0.0556. The van der Waals surface area contributed by atoms with Crippen LogP contribution in [0.25, 0.3) is 11.4 Å². The molecule has 1 N–H and O–H groups in total. The summed E-state index contributed by atoms with van der Waals surface area (Å²) >= 11 is 0. The standard InChI is InChI=1S/C18H12F3N3O/c19-18(20,21)14-7-4-8-15(9-14)24-17(25)13-10-22-16(23-11-13)12-5-2-1-3-6-12/h1-11H,(H,24,25). The van der Waals surface area contributed by atoms with E-state index < -0.39 is 17.6 Å². The largest absolute Gasteiger partial charge is 0.416 e. The van der Waals surface area contributed by atoms with Crippen molar-refractivity contribution >= 4 is 11.6 Å². The van der Waals surface area contributed by atoms with Gasteiger partial charge in [0.1, 0.15) is 0 Å². The molecule has 0 atom stereocenters. The second kappa shape index (κ2) is 6.72. The lowest BCUT2D eigenvalue weighted by molar-refractivity contribution is -0.137. The van der Waals surface area contributed by atoms with Gasteiger partial charge < -0.3 is 5.32 Å². The predicted octanol–water partition coefficient (Wildman–Crippen LogP) is 4.41. The first kappa shape index (κ1) is 16.6. The number of rotatable bonds is 3. The van der Waals surface area contributed by atoms with E-state index in [4.69, 9.17) is 0 Å². The van der Waals surface area contributed by atoms with Gasteiger partial charge >= 0.3 is 6.18 Å². The van der Waals surface area contributed by atoms with Crippen molar-refractivity contribution in [3.8, 4) is 11.4 Å². The summed E-state index contributed by atoms with van der Waals surface area (Å²) in [5.41, 5.74) is 0.164. The Bertz CT molecular complexity index is 878. The number of amides is 1. The Labute approximate surface area is 141 Å². The van der Waals surface area contributed by atoms with Gasteiger partial charge in [-0.25, -0.2) is 9.97 Å². The number of anilines is 1. The Morgan fingerprint density at radius 2 is 1.60 bits per heavy atom. The molecular formula is C18H12F3N3O. The lowest BCUT2D eigenvalue weighted by Crippen LogP contribution is -2.14. The molecule has 0 saturated carbocycles. The van der Waals surface area contributed by atoms with Crippen molar-refractivity contribution in [2.75, 3.05) is 5.32 Å². The summed E-state index contributed by atoms with van der Waals surface area (Å²) in [6.07, 6.45) is -1.81. The first-order valence-electron chi connectivity index (χ1n) is 7.29. The number of hydrogen-bond acceptors (Lipinski definition) is 3. The number of hydrogen-bond donors (Lipinski definition) is 1. The molecule has 126 valence electrons. The molecule has 0 aliphatic carbocycles. The number of alkyl halides is 3. The average Bonchev–Trinajstić information content (AvgIpc) is 2.62. The van der Waals surface area contributed by atoms with E-state index in [1.165, 1.54) is 24.5 Å². The summed E-state index contributed by atoms with van der Waals surface area (Å²) in [6, 6.07) is 13.6. The van der Waals surface area contributed by atoms with Crippen LogP contribution in [0, 0.1) is 0 Å². The quantitative estimate of drug-likeness (QED) is 0.766. The maximum Gasteiger partial charge on any atom is 0.416 e. The molecule has 3 rings (SSSR count). The summed E-state index contributed by atoms with van der Waals surface area (Å²) in [7, 11) is 0. The number of nitrogens with one attached hydrogen (secondary N) is 1. The molecule has 1 aromatic heterocycles. The van der Waals surface area contributed by atoms with Gasteiger partial charge in [0.05, 0.1) is 11.1 Å². The number of benzene rings is 2. The molecule has 0 saturated heterocycles. The van der Waals surface area contributed by atoms with Gasteiger partial charge in [0.25, 0.3) is 5.91 Å². The minimum Gasteiger partial charge on any atom is -0.322 e. The Kier molecular flexibility index (Phi) is 4.47. The molecule has 25 heavy (non-hydrogen) atoms. The fourth-order valence-electron chi connectivity index (χ4n) is 2.16. The van der Waals surface area contributed by atoms with Crippen LogP contribution >= 0.6 is 0 Å². The molecule has 0 fully saturated rings. The molecule has 0 bridgehead atoms. The maximum absolute atomic E-state index is 12.7. The SMILES string of the molecule is O=C(Nc1cccc(C(F)(F)F)c1)c1cnc(-c2ccccc2)nc1. The Morgan fingerprint density at radius 1 is 0.920 bits per heavy atom. The highest BCUT2D eigenvalue weighted by Gasteiger charge is 2.30. The van der Waals surface area contributed by atoms with E-state index in [1.807, 2.05) is 30.3 Å². The van der Waals surface area contributed by atoms with Crippen LogP contribution in [-0.4, -0.2) is 15.9 Å². The van der Waals surface area contributed by atoms with Crippen molar-refractivity contribution in [2.24, 2.45) is 0 Å². The highest BCUT2D eigenvalue weighted by molar-refractivity contribution is 6.03. The van der Waals surface area contributed by atoms with Gasteiger partial charge in [0, 0.05) is 23.6 Å². The van der Waals surface area contributed by atoms with Crippen LogP contribution in [0.5, 0.6) is 0 Å². The summed E-state index contributed by atoms with van der Waals surface area (Å²) in [5.74, 6) is -0.129. The minimum absolute atomic E-state index is 0.0481. The van der Waals surface area contributed by atoms with Crippen molar-refractivity contribution < 1.29 is 18.0 Å². The number of aromatic nitrogens is 2. The van der Waals surface area contributed by atoms with E-state index in [0.717, 1.165) is 17.7 Å². The number of nitrogens with zero attached hydrogens (tertiary/aromatic N) is 2. The van der Waals surface area contributed by atoms with E-state index in [0.29, 0.717) is 5.82 Å². The number of carbonyl (C=O) groups excluding carboxylic acids is 1. The van der Waals surface area contributed by atoms with E-state index >= 15 is 0 Å². The maximum atomic E-state index is 12.7. The van der Waals surface area contributed by atoms with Gasteiger partial charge in [-0.15, -0.1) is 0 Å². The molecule has 0 radical (unpaired) electrons. The lowest BCUT2D eigenvalue weighted by Gasteiger charge is -2.10. The van der Waals surface area contributed by atoms with Crippen LogP contribution in [-0.2, 0) is 6.18 Å². The summed E-state index contributed by atoms with van der Waals surface area (Å²) < 4.78 is 38.1. The molecule has 0 aliphatic rings. The Balaban J connectivity index is 1.76. The van der Waals surface area contributed by atoms with Crippen LogP contribution in [0.1, 0.15) is 15.9 Å². The van der Waals surface area contributed by atoms with E-state index in [-0.39, 0.29) is 11.3 Å². The third kappa shape index (κ3) is 4.00. The van der Waals surface area contributed by atoms with Crippen LogP contribution in [0.4, 0.5) is 18.9 Å². The molecular weight excluding hydrogens is 331 g/mol. The lowest BCUT2D eigenvalue weighted by atomic mass is 10.2. The van der Waals surface area contributed by atoms with Gasteiger partial charge in [-0.05, 0) is 18.2 Å². The molecule has 0 aliphatic heterocycles. The topological polar surface area (TPSA) is 54.9 Å². The second-order valence-corrected chi connectivity index (χ2v) is 5.19. The molecule has 1 heterocycles. The fourth-order valence-corrected chi connectivity index (χ4v) is 2.16. The van der Waals surface area contributed by atoms with Crippen LogP contribution < -0.4 is 5.32 Å². The smallest absolute Gasteiger partial charge is 0.322 e. The average molecular weight is 343 g/mol. The molecule has 4 nitrogen and oxygen atoms in total. The Morgan fingerprint density at radius 3 is 2.24 bits per heavy atom. The van der Waals surface area contributed by atoms with Crippen molar-refractivity contribution in [1.82, 2.24) is 9.97 Å². The van der Waals surface area contributed by atoms with Crippen molar-refractivity contribution in [3.63, 3.8) is 0 Å². The van der Waals surface area contributed by atoms with Crippen molar-refractivity contribution in [3.05, 3.63) is 78.1 Å². The minimum atomic E-state index is -4.47. The molecule has 1 amide bonds. The van der Waals surface area contributed by atoms with Crippen LogP contribution in [0.3, 0.4) is 0 Å².